The molecule has 4 rings (SSSR count). The highest BCUT2D eigenvalue weighted by molar-refractivity contribution is 7.80. The first-order chi connectivity index (χ1) is 12.2. The molecule has 5 nitrogen and oxygen atoms in total. The van der Waals surface area contributed by atoms with Gasteiger partial charge in [-0.1, -0.05) is 30.3 Å². The number of thiol groups is 1. The minimum absolute atomic E-state index is 0.257. The Bertz CT molecular complexity index is 1090. The fourth-order valence-corrected chi connectivity index (χ4v) is 3.18. The fourth-order valence-electron chi connectivity index (χ4n) is 2.82. The van der Waals surface area contributed by atoms with Crippen molar-refractivity contribution in [3.63, 3.8) is 0 Å². The van der Waals surface area contributed by atoms with Gasteiger partial charge in [0.25, 0.3) is 0 Å². The second-order valence-corrected chi connectivity index (χ2v) is 6.34. The molecule has 3 heterocycles. The number of aromatic nitrogens is 4. The predicted octanol–water partition coefficient (Wildman–Crippen LogP) is 3.63. The minimum atomic E-state index is -0.257. The normalized spacial score (nSPS) is 12.2. The molecule has 0 saturated carbocycles. The number of aryl methyl sites for hydroxylation is 1. The quantitative estimate of drug-likeness (QED) is 0.577. The van der Waals surface area contributed by atoms with Gasteiger partial charge < -0.3 is 8.97 Å². The lowest BCUT2D eigenvalue weighted by molar-refractivity contribution is 0.807. The van der Waals surface area contributed by atoms with Crippen LogP contribution in [0.5, 0.6) is 0 Å². The number of hydrogen-bond acceptors (Lipinski definition) is 4. The standard InChI is InChI=1S/C19H15N5S/c1-23-11-15(14-5-3-2-4-6-14)22-19(23)18(25)16-12-24-8-7-13(10-20)9-17(24)21-16/h2-9,11-12,18,25H,1H3. The molecule has 6 heteroatoms. The van der Waals surface area contributed by atoms with Gasteiger partial charge in [0.15, 0.2) is 0 Å². The number of imidazole rings is 2. The molecule has 1 atom stereocenters. The van der Waals surface area contributed by atoms with Crippen LogP contribution in [0.1, 0.15) is 22.3 Å². The van der Waals surface area contributed by atoms with Crippen LogP contribution >= 0.6 is 12.6 Å². The summed E-state index contributed by atoms with van der Waals surface area (Å²) in [6.45, 7) is 0. The fraction of sp³-hybridized carbons (Fsp3) is 0.105. The summed E-state index contributed by atoms with van der Waals surface area (Å²) in [4.78, 5) is 9.35. The highest BCUT2D eigenvalue weighted by atomic mass is 32.1. The van der Waals surface area contributed by atoms with E-state index in [9.17, 15) is 0 Å². The van der Waals surface area contributed by atoms with Gasteiger partial charge in [0.2, 0.25) is 0 Å². The molecule has 25 heavy (non-hydrogen) atoms. The highest BCUT2D eigenvalue weighted by Gasteiger charge is 2.19. The average molecular weight is 345 g/mol. The molecule has 0 spiro atoms. The summed E-state index contributed by atoms with van der Waals surface area (Å²) < 4.78 is 3.87. The van der Waals surface area contributed by atoms with Gasteiger partial charge in [-0.3, -0.25) is 0 Å². The largest absolute Gasteiger partial charge is 0.336 e. The molecule has 0 saturated heterocycles. The van der Waals surface area contributed by atoms with Gasteiger partial charge in [-0.15, -0.1) is 0 Å². The lowest BCUT2D eigenvalue weighted by atomic mass is 10.2. The number of hydrogen-bond donors (Lipinski definition) is 1. The number of pyridine rings is 1. The summed E-state index contributed by atoms with van der Waals surface area (Å²) in [5, 5.41) is 8.77. The van der Waals surface area contributed by atoms with E-state index in [1.54, 1.807) is 12.1 Å². The molecule has 0 amide bonds. The summed E-state index contributed by atoms with van der Waals surface area (Å²) in [5.74, 6) is 0.825. The lowest BCUT2D eigenvalue weighted by Crippen LogP contribution is -2.02. The van der Waals surface area contributed by atoms with E-state index in [0.717, 1.165) is 28.4 Å². The number of fused-ring (bicyclic) bond motifs is 1. The summed E-state index contributed by atoms with van der Waals surface area (Å²) >= 11 is 4.74. The predicted molar refractivity (Wildman–Crippen MR) is 99.4 cm³/mol. The summed E-state index contributed by atoms with van der Waals surface area (Å²) in [6, 6.07) is 15.7. The first-order valence-corrected chi connectivity index (χ1v) is 8.33. The van der Waals surface area contributed by atoms with Gasteiger partial charge in [0, 0.05) is 31.2 Å². The van der Waals surface area contributed by atoms with Crippen LogP contribution in [-0.4, -0.2) is 18.9 Å². The van der Waals surface area contributed by atoms with Crippen molar-refractivity contribution in [3.05, 3.63) is 78.1 Å². The molecule has 0 aliphatic carbocycles. The number of nitrogens with zero attached hydrogens (tertiary/aromatic N) is 5. The first kappa shape index (κ1) is 15.5. The third-order valence-electron chi connectivity index (χ3n) is 4.11. The van der Waals surface area contributed by atoms with Crippen molar-refractivity contribution in [2.75, 3.05) is 0 Å². The van der Waals surface area contributed by atoms with Crippen molar-refractivity contribution >= 4 is 18.3 Å². The Morgan fingerprint density at radius 1 is 1.12 bits per heavy atom. The second kappa shape index (κ2) is 6.11. The molecule has 0 radical (unpaired) electrons. The number of rotatable bonds is 3. The third kappa shape index (κ3) is 2.79. The van der Waals surface area contributed by atoms with Gasteiger partial charge >= 0.3 is 0 Å². The van der Waals surface area contributed by atoms with Crippen molar-refractivity contribution in [1.82, 2.24) is 18.9 Å². The maximum atomic E-state index is 9.02. The molecule has 4 aromatic rings. The van der Waals surface area contributed by atoms with Gasteiger partial charge in [0.05, 0.1) is 23.0 Å². The smallest absolute Gasteiger partial charge is 0.138 e. The van der Waals surface area contributed by atoms with E-state index in [1.165, 1.54) is 0 Å². The van der Waals surface area contributed by atoms with Crippen molar-refractivity contribution < 1.29 is 0 Å². The maximum absolute atomic E-state index is 9.02. The lowest BCUT2D eigenvalue weighted by Gasteiger charge is -2.07. The Morgan fingerprint density at radius 3 is 2.68 bits per heavy atom. The van der Waals surface area contributed by atoms with Crippen LogP contribution < -0.4 is 0 Å². The van der Waals surface area contributed by atoms with Crippen LogP contribution in [-0.2, 0) is 7.05 Å². The average Bonchev–Trinajstić information content (AvgIpc) is 3.24. The van der Waals surface area contributed by atoms with Gasteiger partial charge in [-0.2, -0.15) is 17.9 Å². The molecule has 1 unspecified atom stereocenters. The van der Waals surface area contributed by atoms with E-state index in [4.69, 9.17) is 22.9 Å². The molecule has 0 N–H and O–H groups in total. The molecule has 122 valence electrons. The van der Waals surface area contributed by atoms with Gasteiger partial charge in [-0.05, 0) is 12.1 Å². The zero-order valence-electron chi connectivity index (χ0n) is 13.5. The zero-order chi connectivity index (χ0) is 17.4. The van der Waals surface area contributed by atoms with Crippen LogP contribution in [0.2, 0.25) is 0 Å². The summed E-state index contributed by atoms with van der Waals surface area (Å²) in [5.41, 5.74) is 4.09. The van der Waals surface area contributed by atoms with Crippen LogP contribution in [0.4, 0.5) is 0 Å². The monoisotopic (exact) mass is 345 g/mol. The second-order valence-electron chi connectivity index (χ2n) is 5.82. The van der Waals surface area contributed by atoms with Crippen molar-refractivity contribution in [2.45, 2.75) is 5.25 Å². The van der Waals surface area contributed by atoms with Crippen molar-refractivity contribution in [1.29, 1.82) is 5.26 Å². The van der Waals surface area contributed by atoms with E-state index >= 15 is 0 Å². The van der Waals surface area contributed by atoms with Gasteiger partial charge in [0.1, 0.15) is 16.7 Å². The van der Waals surface area contributed by atoms with E-state index in [0.29, 0.717) is 5.56 Å². The van der Waals surface area contributed by atoms with Crippen LogP contribution in [0, 0.1) is 11.3 Å². The van der Waals surface area contributed by atoms with E-state index in [-0.39, 0.29) is 5.25 Å². The van der Waals surface area contributed by atoms with E-state index < -0.39 is 0 Å². The SMILES string of the molecule is Cn1cc(-c2ccccc2)nc1C(S)c1cn2ccc(C#N)cc2n1. The molecular weight excluding hydrogens is 330 g/mol. The maximum Gasteiger partial charge on any atom is 0.138 e. The molecule has 0 bridgehead atoms. The Balaban J connectivity index is 1.73. The van der Waals surface area contributed by atoms with Crippen LogP contribution in [0.3, 0.4) is 0 Å². The Kier molecular flexibility index (Phi) is 3.79. The van der Waals surface area contributed by atoms with Crippen molar-refractivity contribution in [3.8, 4) is 17.3 Å². The Morgan fingerprint density at radius 2 is 1.92 bits per heavy atom. The van der Waals surface area contributed by atoms with Gasteiger partial charge in [-0.25, -0.2) is 9.97 Å². The number of benzene rings is 1. The van der Waals surface area contributed by atoms with Crippen molar-refractivity contribution in [2.24, 2.45) is 7.05 Å². The van der Waals surface area contributed by atoms with E-state index in [1.807, 2.05) is 64.9 Å². The molecule has 0 aliphatic heterocycles. The molecule has 0 fully saturated rings. The van der Waals surface area contributed by atoms with E-state index in [2.05, 4.69) is 11.1 Å². The molecular formula is C19H15N5S. The minimum Gasteiger partial charge on any atom is -0.336 e. The summed E-state index contributed by atoms with van der Waals surface area (Å²) in [7, 11) is 1.96. The summed E-state index contributed by atoms with van der Waals surface area (Å²) in [6.07, 6.45) is 5.75. The molecule has 1 aromatic carbocycles. The van der Waals surface area contributed by atoms with Crippen LogP contribution in [0.25, 0.3) is 16.9 Å². The third-order valence-corrected chi connectivity index (χ3v) is 4.61. The first-order valence-electron chi connectivity index (χ1n) is 7.81. The zero-order valence-corrected chi connectivity index (χ0v) is 14.4. The Labute approximate surface area is 150 Å². The van der Waals surface area contributed by atoms with Crippen LogP contribution in [0.15, 0.2) is 61.1 Å². The highest BCUT2D eigenvalue weighted by Crippen LogP contribution is 2.29. The molecule has 3 aromatic heterocycles. The Hall–Kier alpha value is -3.04. The molecule has 0 aliphatic rings. The topological polar surface area (TPSA) is 58.9 Å². The number of nitriles is 1.